The van der Waals surface area contributed by atoms with Gasteiger partial charge >= 0.3 is 0 Å². The summed E-state index contributed by atoms with van der Waals surface area (Å²) in [6.45, 7) is 5.85. The molecule has 0 unspecified atom stereocenters. The molecule has 0 aliphatic carbocycles. The minimum Gasteiger partial charge on any atom is -0.375 e. The van der Waals surface area contributed by atoms with E-state index in [1.54, 1.807) is 23.1 Å². The van der Waals surface area contributed by atoms with E-state index in [9.17, 15) is 9.59 Å². The van der Waals surface area contributed by atoms with Gasteiger partial charge in [-0.3, -0.25) is 9.59 Å². The Kier molecular flexibility index (Phi) is 4.92. The van der Waals surface area contributed by atoms with Crippen LogP contribution >= 0.6 is 0 Å². The SMILES string of the molecule is CCN(Cc1nc2ccccc2c(=O)[nH]1)C(=O)[C@H]1NCCO[C@@H]1C. The fraction of sp³-hybridized carbons (Fsp3) is 0.471. The highest BCUT2D eigenvalue weighted by Gasteiger charge is 2.31. The van der Waals surface area contributed by atoms with Crippen molar-refractivity contribution in [3.05, 3.63) is 40.4 Å². The molecule has 1 aliphatic rings. The number of aromatic nitrogens is 2. The van der Waals surface area contributed by atoms with E-state index in [2.05, 4.69) is 15.3 Å². The number of para-hydroxylation sites is 1. The number of morpholine rings is 1. The first kappa shape index (κ1) is 16.6. The number of aromatic amines is 1. The second kappa shape index (κ2) is 7.11. The second-order valence-electron chi connectivity index (χ2n) is 5.89. The van der Waals surface area contributed by atoms with E-state index in [0.717, 1.165) is 0 Å². The number of nitrogens with one attached hydrogen (secondary N) is 2. The van der Waals surface area contributed by atoms with Crippen LogP contribution in [0.3, 0.4) is 0 Å². The lowest BCUT2D eigenvalue weighted by Crippen LogP contribution is -2.56. The Balaban J connectivity index is 1.82. The summed E-state index contributed by atoms with van der Waals surface area (Å²) in [5, 5.41) is 3.75. The minimum atomic E-state index is -0.370. The summed E-state index contributed by atoms with van der Waals surface area (Å²) in [5.41, 5.74) is 0.443. The van der Waals surface area contributed by atoms with Crippen molar-refractivity contribution >= 4 is 16.8 Å². The molecule has 0 bridgehead atoms. The van der Waals surface area contributed by atoms with Crippen molar-refractivity contribution < 1.29 is 9.53 Å². The molecule has 7 nitrogen and oxygen atoms in total. The van der Waals surface area contributed by atoms with Gasteiger partial charge in [0.1, 0.15) is 11.9 Å². The lowest BCUT2D eigenvalue weighted by Gasteiger charge is -2.33. The van der Waals surface area contributed by atoms with Crippen molar-refractivity contribution in [2.45, 2.75) is 32.5 Å². The van der Waals surface area contributed by atoms with Crippen LogP contribution in [0.15, 0.2) is 29.1 Å². The summed E-state index contributed by atoms with van der Waals surface area (Å²) in [7, 11) is 0. The number of ether oxygens (including phenoxy) is 1. The smallest absolute Gasteiger partial charge is 0.258 e. The van der Waals surface area contributed by atoms with Gasteiger partial charge < -0.3 is 19.9 Å². The number of likely N-dealkylation sites (N-methyl/N-ethyl adjacent to an activating group) is 1. The quantitative estimate of drug-likeness (QED) is 0.859. The molecule has 2 atom stereocenters. The number of carbonyl (C=O) groups excluding carboxylic acids is 1. The van der Waals surface area contributed by atoms with E-state index < -0.39 is 0 Å². The van der Waals surface area contributed by atoms with Gasteiger partial charge in [0.15, 0.2) is 0 Å². The zero-order valence-corrected chi connectivity index (χ0v) is 13.9. The molecule has 0 radical (unpaired) electrons. The molecule has 1 fully saturated rings. The monoisotopic (exact) mass is 330 g/mol. The third kappa shape index (κ3) is 3.32. The predicted molar refractivity (Wildman–Crippen MR) is 90.7 cm³/mol. The normalized spacial score (nSPS) is 20.9. The lowest BCUT2D eigenvalue weighted by atomic mass is 10.1. The number of fused-ring (bicyclic) bond motifs is 1. The van der Waals surface area contributed by atoms with Crippen molar-refractivity contribution in [2.24, 2.45) is 0 Å². The Bertz CT molecular complexity index is 789. The molecule has 1 amide bonds. The van der Waals surface area contributed by atoms with Crippen LogP contribution in [0, 0.1) is 0 Å². The molecule has 1 aliphatic heterocycles. The summed E-state index contributed by atoms with van der Waals surface area (Å²) in [5.74, 6) is 0.443. The Labute approximate surface area is 140 Å². The van der Waals surface area contributed by atoms with Crippen LogP contribution in [0.2, 0.25) is 0 Å². The number of amides is 1. The van der Waals surface area contributed by atoms with Gasteiger partial charge in [0.25, 0.3) is 5.56 Å². The van der Waals surface area contributed by atoms with Crippen LogP contribution in [-0.4, -0.2) is 52.6 Å². The molecule has 1 aromatic carbocycles. The molecule has 7 heteroatoms. The first-order chi connectivity index (χ1) is 11.6. The minimum absolute atomic E-state index is 0.0412. The summed E-state index contributed by atoms with van der Waals surface area (Å²) in [4.78, 5) is 33.8. The zero-order chi connectivity index (χ0) is 17.1. The van der Waals surface area contributed by atoms with Crippen molar-refractivity contribution in [3.63, 3.8) is 0 Å². The van der Waals surface area contributed by atoms with E-state index >= 15 is 0 Å². The molecule has 2 N–H and O–H groups in total. The number of rotatable bonds is 4. The molecule has 2 aromatic rings. The third-order valence-electron chi connectivity index (χ3n) is 4.28. The Hall–Kier alpha value is -2.25. The van der Waals surface area contributed by atoms with Crippen molar-refractivity contribution in [3.8, 4) is 0 Å². The number of hydrogen-bond acceptors (Lipinski definition) is 5. The number of nitrogens with zero attached hydrogens (tertiary/aromatic N) is 2. The predicted octanol–water partition coefficient (Wildman–Crippen LogP) is 0.648. The van der Waals surface area contributed by atoms with E-state index in [-0.39, 0.29) is 30.2 Å². The molecule has 0 saturated carbocycles. The Morgan fingerprint density at radius 3 is 2.96 bits per heavy atom. The van der Waals surface area contributed by atoms with Gasteiger partial charge in [-0.15, -0.1) is 0 Å². The van der Waals surface area contributed by atoms with Gasteiger partial charge in [0, 0.05) is 13.1 Å². The summed E-state index contributed by atoms with van der Waals surface area (Å²) >= 11 is 0. The maximum absolute atomic E-state index is 12.8. The highest BCUT2D eigenvalue weighted by molar-refractivity contribution is 5.82. The maximum Gasteiger partial charge on any atom is 0.258 e. The van der Waals surface area contributed by atoms with Gasteiger partial charge in [0.05, 0.1) is 30.2 Å². The lowest BCUT2D eigenvalue weighted by molar-refractivity contribution is -0.140. The van der Waals surface area contributed by atoms with Crippen molar-refractivity contribution in [1.29, 1.82) is 0 Å². The van der Waals surface area contributed by atoms with Gasteiger partial charge in [-0.2, -0.15) is 0 Å². The Morgan fingerprint density at radius 2 is 2.21 bits per heavy atom. The van der Waals surface area contributed by atoms with Crippen LogP contribution in [0.5, 0.6) is 0 Å². The highest BCUT2D eigenvalue weighted by Crippen LogP contribution is 2.11. The molecule has 2 heterocycles. The van der Waals surface area contributed by atoms with E-state index in [0.29, 0.717) is 36.4 Å². The highest BCUT2D eigenvalue weighted by atomic mass is 16.5. The van der Waals surface area contributed by atoms with Crippen LogP contribution in [0.25, 0.3) is 10.9 Å². The van der Waals surface area contributed by atoms with Crippen LogP contribution in [0.1, 0.15) is 19.7 Å². The molecular weight excluding hydrogens is 308 g/mol. The molecule has 3 rings (SSSR count). The summed E-state index contributed by atoms with van der Waals surface area (Å²) < 4.78 is 5.55. The van der Waals surface area contributed by atoms with E-state index in [1.165, 1.54) is 0 Å². The summed E-state index contributed by atoms with van der Waals surface area (Å²) in [6, 6.07) is 6.80. The van der Waals surface area contributed by atoms with Crippen molar-refractivity contribution in [2.75, 3.05) is 19.7 Å². The molecule has 128 valence electrons. The maximum atomic E-state index is 12.8. The topological polar surface area (TPSA) is 87.3 Å². The number of H-pyrrole nitrogens is 1. The first-order valence-corrected chi connectivity index (χ1v) is 8.22. The number of hydrogen-bond donors (Lipinski definition) is 2. The molecule has 24 heavy (non-hydrogen) atoms. The molecule has 0 spiro atoms. The molecule has 1 aromatic heterocycles. The Morgan fingerprint density at radius 1 is 1.42 bits per heavy atom. The summed E-state index contributed by atoms with van der Waals surface area (Å²) in [6.07, 6.45) is -0.177. The average molecular weight is 330 g/mol. The number of carbonyl (C=O) groups is 1. The van der Waals surface area contributed by atoms with Crippen LogP contribution in [-0.2, 0) is 16.1 Å². The zero-order valence-electron chi connectivity index (χ0n) is 13.9. The van der Waals surface area contributed by atoms with E-state index in [1.807, 2.05) is 19.9 Å². The third-order valence-corrected chi connectivity index (χ3v) is 4.28. The number of benzene rings is 1. The standard InChI is InChI=1S/C17H22N4O3/c1-3-21(17(23)15-11(2)24-9-8-18-15)10-14-19-13-7-5-4-6-12(13)16(22)20-14/h4-7,11,15,18H,3,8-10H2,1-2H3,(H,19,20,22)/t11-,15+/m1/s1. The fourth-order valence-corrected chi connectivity index (χ4v) is 2.94. The largest absolute Gasteiger partial charge is 0.375 e. The van der Waals surface area contributed by atoms with Gasteiger partial charge in [-0.1, -0.05) is 12.1 Å². The second-order valence-corrected chi connectivity index (χ2v) is 5.89. The van der Waals surface area contributed by atoms with Gasteiger partial charge in [-0.25, -0.2) is 4.98 Å². The first-order valence-electron chi connectivity index (χ1n) is 8.22. The van der Waals surface area contributed by atoms with Gasteiger partial charge in [0.2, 0.25) is 5.91 Å². The van der Waals surface area contributed by atoms with Crippen LogP contribution in [0.4, 0.5) is 0 Å². The average Bonchev–Trinajstić information content (AvgIpc) is 2.59. The van der Waals surface area contributed by atoms with Crippen LogP contribution < -0.4 is 10.9 Å². The molecule has 1 saturated heterocycles. The van der Waals surface area contributed by atoms with Crippen molar-refractivity contribution in [1.82, 2.24) is 20.2 Å². The van der Waals surface area contributed by atoms with Gasteiger partial charge in [-0.05, 0) is 26.0 Å². The fourth-order valence-electron chi connectivity index (χ4n) is 2.94. The molecular formula is C17H22N4O3. The van der Waals surface area contributed by atoms with E-state index in [4.69, 9.17) is 4.74 Å².